The van der Waals surface area contributed by atoms with Gasteiger partial charge in [0.05, 0.1) is 5.56 Å². The average molecular weight is 383 g/mol. The quantitative estimate of drug-likeness (QED) is 0.691. The normalized spacial score (nSPS) is 11.0. The molecule has 2 rings (SSSR count). The van der Waals surface area contributed by atoms with E-state index in [9.17, 15) is 9.59 Å². The molecule has 5 nitrogen and oxygen atoms in total. The number of amides is 1. The molecule has 1 amide bonds. The summed E-state index contributed by atoms with van der Waals surface area (Å²) in [7, 11) is 0. The lowest BCUT2D eigenvalue weighted by atomic mass is 10.1. The molecule has 0 aliphatic carbocycles. The molecule has 0 radical (unpaired) electrons. The minimum absolute atomic E-state index is 0.314. The summed E-state index contributed by atoms with van der Waals surface area (Å²) in [5.41, 5.74) is 4.28. The van der Waals surface area contributed by atoms with Crippen LogP contribution in [0.15, 0.2) is 42.5 Å². The number of esters is 1. The van der Waals surface area contributed by atoms with Gasteiger partial charge in [0.2, 0.25) is 0 Å². The lowest BCUT2D eigenvalue weighted by Crippen LogP contribution is -2.29. The Kier molecular flexibility index (Phi) is 7.76. The Bertz CT molecular complexity index is 793. The number of anilines is 1. The number of para-hydroxylation sites is 1. The maximum absolute atomic E-state index is 12.2. The zero-order valence-electron chi connectivity index (χ0n) is 17.4. The van der Waals surface area contributed by atoms with E-state index in [2.05, 4.69) is 31.0 Å². The van der Waals surface area contributed by atoms with Crippen LogP contribution in [0.5, 0.6) is 0 Å². The highest BCUT2D eigenvalue weighted by Crippen LogP contribution is 2.19. The maximum Gasteiger partial charge on any atom is 0.338 e. The van der Waals surface area contributed by atoms with Gasteiger partial charge >= 0.3 is 5.97 Å². The number of carbonyl (C=O) groups is 2. The molecule has 2 aromatic rings. The largest absolute Gasteiger partial charge is 0.452 e. The summed E-state index contributed by atoms with van der Waals surface area (Å²) in [5.74, 6) is -0.850. The van der Waals surface area contributed by atoms with Gasteiger partial charge in [0.1, 0.15) is 0 Å². The highest BCUT2D eigenvalue weighted by Gasteiger charge is 2.13. The molecule has 2 aromatic carbocycles. The number of hydrogen-bond acceptors (Lipinski definition) is 4. The van der Waals surface area contributed by atoms with Crippen LogP contribution in [0.1, 0.15) is 47.8 Å². The molecule has 0 bridgehead atoms. The van der Waals surface area contributed by atoms with Crippen LogP contribution < -0.4 is 5.32 Å². The first-order valence-electron chi connectivity index (χ1n) is 9.68. The first kappa shape index (κ1) is 21.6. The van der Waals surface area contributed by atoms with Gasteiger partial charge in [-0.1, -0.05) is 37.3 Å². The molecular formula is C23H30N2O3. The van der Waals surface area contributed by atoms with Crippen LogP contribution in [0.25, 0.3) is 0 Å². The van der Waals surface area contributed by atoms with Gasteiger partial charge in [-0.25, -0.2) is 4.79 Å². The Morgan fingerprint density at radius 2 is 1.64 bits per heavy atom. The topological polar surface area (TPSA) is 58.6 Å². The Hall–Kier alpha value is -2.66. The summed E-state index contributed by atoms with van der Waals surface area (Å²) in [4.78, 5) is 26.7. The van der Waals surface area contributed by atoms with E-state index in [1.165, 1.54) is 0 Å². The number of rotatable bonds is 8. The molecule has 28 heavy (non-hydrogen) atoms. The van der Waals surface area contributed by atoms with Crippen LogP contribution in [-0.2, 0) is 16.1 Å². The van der Waals surface area contributed by atoms with Gasteiger partial charge < -0.3 is 10.1 Å². The molecule has 0 aliphatic heterocycles. The standard InChI is InChI=1S/C23H30N2O3/c1-6-25(16(2)3)14-19-10-12-20(13-11-19)23(27)28-15-21(26)24-22-17(4)8-7-9-18(22)5/h7-13,16H,6,14-15H2,1-5H3,(H,24,26). The van der Waals surface area contributed by atoms with Crippen LogP contribution in [0, 0.1) is 13.8 Å². The van der Waals surface area contributed by atoms with Gasteiger partial charge in [-0.3, -0.25) is 9.69 Å². The number of benzene rings is 2. The summed E-state index contributed by atoms with van der Waals surface area (Å²) >= 11 is 0. The lowest BCUT2D eigenvalue weighted by molar-refractivity contribution is -0.119. The van der Waals surface area contributed by atoms with Crippen LogP contribution in [0.2, 0.25) is 0 Å². The number of ether oxygens (including phenoxy) is 1. The van der Waals surface area contributed by atoms with Crippen molar-refractivity contribution in [2.45, 2.75) is 47.2 Å². The van der Waals surface area contributed by atoms with Crippen LogP contribution in [0.3, 0.4) is 0 Å². The number of nitrogens with zero attached hydrogens (tertiary/aromatic N) is 1. The van der Waals surface area contributed by atoms with Gasteiger partial charge in [-0.2, -0.15) is 0 Å². The Labute approximate surface area is 167 Å². The Balaban J connectivity index is 1.90. The van der Waals surface area contributed by atoms with Crippen molar-refractivity contribution in [2.75, 3.05) is 18.5 Å². The van der Waals surface area contributed by atoms with E-state index < -0.39 is 5.97 Å². The van der Waals surface area contributed by atoms with Crippen molar-refractivity contribution in [1.82, 2.24) is 4.90 Å². The SMILES string of the molecule is CCN(Cc1ccc(C(=O)OCC(=O)Nc2c(C)cccc2C)cc1)C(C)C. The van der Waals surface area contributed by atoms with Crippen molar-refractivity contribution >= 4 is 17.6 Å². The summed E-state index contributed by atoms with van der Waals surface area (Å²) in [6.07, 6.45) is 0. The van der Waals surface area contributed by atoms with Gasteiger partial charge in [0.15, 0.2) is 6.61 Å². The molecule has 0 atom stereocenters. The first-order chi connectivity index (χ1) is 13.3. The van der Waals surface area contributed by atoms with Crippen molar-refractivity contribution in [3.8, 4) is 0 Å². The fourth-order valence-electron chi connectivity index (χ4n) is 3.04. The molecule has 150 valence electrons. The highest BCUT2D eigenvalue weighted by molar-refractivity contribution is 5.96. The molecule has 0 heterocycles. The smallest absolute Gasteiger partial charge is 0.338 e. The van der Waals surface area contributed by atoms with Crippen molar-refractivity contribution in [3.63, 3.8) is 0 Å². The third-order valence-electron chi connectivity index (χ3n) is 4.79. The molecule has 0 fully saturated rings. The number of aryl methyl sites for hydroxylation is 2. The Morgan fingerprint density at radius 1 is 1.04 bits per heavy atom. The molecule has 5 heteroatoms. The van der Waals surface area contributed by atoms with Gasteiger partial charge in [0.25, 0.3) is 5.91 Å². The lowest BCUT2D eigenvalue weighted by Gasteiger charge is -2.24. The third-order valence-corrected chi connectivity index (χ3v) is 4.79. The number of nitrogens with one attached hydrogen (secondary N) is 1. The van der Waals surface area contributed by atoms with Crippen molar-refractivity contribution in [1.29, 1.82) is 0 Å². The van der Waals surface area contributed by atoms with E-state index >= 15 is 0 Å². The second-order valence-electron chi connectivity index (χ2n) is 7.24. The second kappa shape index (κ2) is 10.0. The second-order valence-corrected chi connectivity index (χ2v) is 7.24. The van der Waals surface area contributed by atoms with Crippen LogP contribution in [-0.4, -0.2) is 36.0 Å². The molecule has 0 saturated carbocycles. The Morgan fingerprint density at radius 3 is 2.18 bits per heavy atom. The van der Waals surface area contributed by atoms with E-state index in [1.807, 2.05) is 44.2 Å². The third kappa shape index (κ3) is 5.92. The summed E-state index contributed by atoms with van der Waals surface area (Å²) < 4.78 is 5.16. The van der Waals surface area contributed by atoms with E-state index in [1.54, 1.807) is 12.1 Å². The number of hydrogen-bond donors (Lipinski definition) is 1. The molecule has 0 aliphatic rings. The fraction of sp³-hybridized carbons (Fsp3) is 0.391. The molecule has 0 aromatic heterocycles. The molecular weight excluding hydrogens is 352 g/mol. The van der Waals surface area contributed by atoms with Gasteiger partial charge in [-0.15, -0.1) is 0 Å². The van der Waals surface area contributed by atoms with Crippen LogP contribution >= 0.6 is 0 Å². The maximum atomic E-state index is 12.2. The van der Waals surface area contributed by atoms with Crippen molar-refractivity contribution in [2.24, 2.45) is 0 Å². The van der Waals surface area contributed by atoms with E-state index in [0.29, 0.717) is 11.6 Å². The summed E-state index contributed by atoms with van der Waals surface area (Å²) in [6.45, 7) is 11.8. The van der Waals surface area contributed by atoms with Crippen molar-refractivity contribution < 1.29 is 14.3 Å². The highest BCUT2D eigenvalue weighted by atomic mass is 16.5. The van der Waals surface area contributed by atoms with Gasteiger partial charge in [0, 0.05) is 18.3 Å². The minimum atomic E-state index is -0.501. The molecule has 1 N–H and O–H groups in total. The van der Waals surface area contributed by atoms with Gasteiger partial charge in [-0.05, 0) is 63.1 Å². The molecule has 0 spiro atoms. The number of carbonyl (C=O) groups excluding carboxylic acids is 2. The van der Waals surface area contributed by atoms with Crippen molar-refractivity contribution in [3.05, 3.63) is 64.7 Å². The molecule has 0 saturated heterocycles. The summed E-state index contributed by atoms with van der Waals surface area (Å²) in [5, 5.41) is 2.81. The zero-order chi connectivity index (χ0) is 20.7. The molecule has 0 unspecified atom stereocenters. The van der Waals surface area contributed by atoms with E-state index in [4.69, 9.17) is 4.74 Å². The van der Waals surface area contributed by atoms with E-state index in [0.717, 1.165) is 35.5 Å². The van der Waals surface area contributed by atoms with E-state index in [-0.39, 0.29) is 12.5 Å². The van der Waals surface area contributed by atoms with Crippen LogP contribution in [0.4, 0.5) is 5.69 Å². The predicted molar refractivity (Wildman–Crippen MR) is 112 cm³/mol. The average Bonchev–Trinajstić information content (AvgIpc) is 2.67. The first-order valence-corrected chi connectivity index (χ1v) is 9.68. The monoisotopic (exact) mass is 382 g/mol. The minimum Gasteiger partial charge on any atom is -0.452 e. The fourth-order valence-corrected chi connectivity index (χ4v) is 3.04. The zero-order valence-corrected chi connectivity index (χ0v) is 17.4. The summed E-state index contributed by atoms with van der Waals surface area (Å²) in [6, 6.07) is 13.6. The predicted octanol–water partition coefficient (Wildman–Crippen LogP) is 4.33.